The Morgan fingerprint density at radius 1 is 1.06 bits per heavy atom. The zero-order valence-corrected chi connectivity index (χ0v) is 21.1. The van der Waals surface area contributed by atoms with Crippen LogP contribution in [0.4, 0.5) is 5.82 Å². The van der Waals surface area contributed by atoms with Crippen LogP contribution < -0.4 is 10.2 Å². The standard InChI is InChI=1S/C28H37N5O2/c1-20(2)25-17-23(21(3)16-24(25)19-31-28(35)22-7-10-29-11-8-22)18-27(34)33-14-12-32(13-15-33)26-6-4-5-9-30-26/h4-11,16,20,23-25H,12-15,17-19H2,1-3H3,(H,31,35)/t23-,24-,25-/m0/s1. The summed E-state index contributed by atoms with van der Waals surface area (Å²) in [6.45, 7) is 10.3. The summed E-state index contributed by atoms with van der Waals surface area (Å²) >= 11 is 0. The summed E-state index contributed by atoms with van der Waals surface area (Å²) in [5.74, 6) is 2.59. The van der Waals surface area contributed by atoms with E-state index >= 15 is 0 Å². The zero-order valence-electron chi connectivity index (χ0n) is 21.1. The Balaban J connectivity index is 1.33. The number of nitrogens with one attached hydrogen (secondary N) is 1. The second-order valence-electron chi connectivity index (χ2n) is 10.1. The Hall–Kier alpha value is -3.22. The molecule has 3 atom stereocenters. The van der Waals surface area contributed by atoms with E-state index in [-0.39, 0.29) is 23.7 Å². The molecule has 186 valence electrons. The topological polar surface area (TPSA) is 78.4 Å². The van der Waals surface area contributed by atoms with Gasteiger partial charge in [0.2, 0.25) is 5.91 Å². The van der Waals surface area contributed by atoms with E-state index in [4.69, 9.17) is 0 Å². The molecule has 0 spiro atoms. The Labute approximate surface area is 208 Å². The quantitative estimate of drug-likeness (QED) is 0.617. The van der Waals surface area contributed by atoms with E-state index in [0.717, 1.165) is 38.4 Å². The molecule has 2 aromatic rings. The number of aromatic nitrogens is 2. The number of carbonyl (C=O) groups excluding carboxylic acids is 2. The van der Waals surface area contributed by atoms with Crippen molar-refractivity contribution >= 4 is 17.6 Å². The Morgan fingerprint density at radius 3 is 2.46 bits per heavy atom. The maximum absolute atomic E-state index is 13.2. The van der Waals surface area contributed by atoms with Crippen molar-refractivity contribution in [1.82, 2.24) is 20.2 Å². The third-order valence-electron chi connectivity index (χ3n) is 7.55. The summed E-state index contributed by atoms with van der Waals surface area (Å²) < 4.78 is 0. The van der Waals surface area contributed by atoms with Crippen molar-refractivity contribution in [3.63, 3.8) is 0 Å². The van der Waals surface area contributed by atoms with Gasteiger partial charge >= 0.3 is 0 Å². The molecule has 1 saturated heterocycles. The summed E-state index contributed by atoms with van der Waals surface area (Å²) in [6.07, 6.45) is 8.93. The van der Waals surface area contributed by atoms with Crippen molar-refractivity contribution in [2.75, 3.05) is 37.6 Å². The van der Waals surface area contributed by atoms with Gasteiger partial charge in [-0.3, -0.25) is 14.6 Å². The fraction of sp³-hybridized carbons (Fsp3) is 0.500. The van der Waals surface area contributed by atoms with Gasteiger partial charge in [-0.05, 0) is 61.3 Å². The number of piperazine rings is 1. The molecule has 0 bridgehead atoms. The summed E-state index contributed by atoms with van der Waals surface area (Å²) in [6, 6.07) is 9.41. The predicted molar refractivity (Wildman–Crippen MR) is 138 cm³/mol. The average molecular weight is 476 g/mol. The number of allylic oxidation sites excluding steroid dienone is 1. The molecule has 1 N–H and O–H groups in total. The first kappa shape index (κ1) is 24.9. The smallest absolute Gasteiger partial charge is 0.251 e. The van der Waals surface area contributed by atoms with Crippen LogP contribution in [0.2, 0.25) is 0 Å². The van der Waals surface area contributed by atoms with Gasteiger partial charge in [0.25, 0.3) is 5.91 Å². The molecule has 4 rings (SSSR count). The van der Waals surface area contributed by atoms with E-state index in [0.29, 0.717) is 30.4 Å². The number of pyridine rings is 2. The van der Waals surface area contributed by atoms with Gasteiger partial charge in [0.05, 0.1) is 0 Å². The molecule has 7 nitrogen and oxygen atoms in total. The fourth-order valence-electron chi connectivity index (χ4n) is 5.39. The minimum absolute atomic E-state index is 0.0666. The van der Waals surface area contributed by atoms with Gasteiger partial charge in [-0.2, -0.15) is 0 Å². The molecule has 2 aromatic heterocycles. The van der Waals surface area contributed by atoms with Crippen LogP contribution in [-0.2, 0) is 4.79 Å². The lowest BCUT2D eigenvalue weighted by Gasteiger charge is -2.39. The Kier molecular flexibility index (Phi) is 8.16. The molecule has 0 unspecified atom stereocenters. The molecule has 1 aliphatic heterocycles. The number of anilines is 1. The van der Waals surface area contributed by atoms with Gasteiger partial charge in [-0.1, -0.05) is 31.6 Å². The monoisotopic (exact) mass is 475 g/mol. The molecule has 1 fully saturated rings. The first-order valence-corrected chi connectivity index (χ1v) is 12.7. The van der Waals surface area contributed by atoms with Crippen LogP contribution in [-0.4, -0.2) is 59.4 Å². The average Bonchev–Trinajstić information content (AvgIpc) is 2.89. The van der Waals surface area contributed by atoms with Crippen molar-refractivity contribution < 1.29 is 9.59 Å². The first-order chi connectivity index (χ1) is 16.9. The lowest BCUT2D eigenvalue weighted by Crippen LogP contribution is -2.49. The largest absolute Gasteiger partial charge is 0.353 e. The molecular weight excluding hydrogens is 438 g/mol. The van der Waals surface area contributed by atoms with Gasteiger partial charge in [-0.25, -0.2) is 4.98 Å². The number of nitrogens with zero attached hydrogens (tertiary/aromatic N) is 4. The van der Waals surface area contributed by atoms with Crippen molar-refractivity contribution in [1.29, 1.82) is 0 Å². The molecule has 0 radical (unpaired) electrons. The van der Waals surface area contributed by atoms with Gasteiger partial charge in [0.1, 0.15) is 5.82 Å². The van der Waals surface area contributed by atoms with Crippen LogP contribution in [0, 0.1) is 23.7 Å². The first-order valence-electron chi connectivity index (χ1n) is 12.7. The third-order valence-corrected chi connectivity index (χ3v) is 7.55. The summed E-state index contributed by atoms with van der Waals surface area (Å²) in [5, 5.41) is 3.10. The molecular formula is C28H37N5O2. The highest BCUT2D eigenvalue weighted by molar-refractivity contribution is 5.93. The molecule has 2 aliphatic rings. The third kappa shape index (κ3) is 6.27. The van der Waals surface area contributed by atoms with Crippen molar-refractivity contribution in [2.24, 2.45) is 23.7 Å². The van der Waals surface area contributed by atoms with Crippen LogP contribution in [0.1, 0.15) is 44.0 Å². The van der Waals surface area contributed by atoms with E-state index in [2.05, 4.69) is 47.0 Å². The van der Waals surface area contributed by atoms with E-state index < -0.39 is 0 Å². The number of amides is 2. The van der Waals surface area contributed by atoms with Gasteiger partial charge in [-0.15, -0.1) is 0 Å². The van der Waals surface area contributed by atoms with Gasteiger partial charge < -0.3 is 15.1 Å². The minimum atomic E-state index is -0.0666. The van der Waals surface area contributed by atoms with E-state index in [9.17, 15) is 9.59 Å². The van der Waals surface area contributed by atoms with E-state index in [1.165, 1.54) is 5.57 Å². The summed E-state index contributed by atoms with van der Waals surface area (Å²) in [5.41, 5.74) is 1.90. The number of carbonyl (C=O) groups is 2. The zero-order chi connectivity index (χ0) is 24.8. The number of rotatable bonds is 7. The Bertz CT molecular complexity index is 1020. The van der Waals surface area contributed by atoms with Crippen LogP contribution in [0.5, 0.6) is 0 Å². The van der Waals surface area contributed by atoms with Crippen molar-refractivity contribution in [3.8, 4) is 0 Å². The second kappa shape index (κ2) is 11.5. The molecule has 0 saturated carbocycles. The number of hydrogen-bond donors (Lipinski definition) is 1. The maximum atomic E-state index is 13.2. The lowest BCUT2D eigenvalue weighted by atomic mass is 9.69. The van der Waals surface area contributed by atoms with E-state index in [1.54, 1.807) is 24.5 Å². The summed E-state index contributed by atoms with van der Waals surface area (Å²) in [4.78, 5) is 38.4. The Morgan fingerprint density at radius 2 is 1.80 bits per heavy atom. The highest BCUT2D eigenvalue weighted by Crippen LogP contribution is 2.39. The van der Waals surface area contributed by atoms with Crippen molar-refractivity contribution in [2.45, 2.75) is 33.6 Å². The molecule has 35 heavy (non-hydrogen) atoms. The highest BCUT2D eigenvalue weighted by atomic mass is 16.2. The van der Waals surface area contributed by atoms with Crippen LogP contribution in [0.15, 0.2) is 60.6 Å². The van der Waals surface area contributed by atoms with Crippen molar-refractivity contribution in [3.05, 3.63) is 66.1 Å². The minimum Gasteiger partial charge on any atom is -0.353 e. The van der Waals surface area contributed by atoms with Crippen LogP contribution >= 0.6 is 0 Å². The molecule has 7 heteroatoms. The summed E-state index contributed by atoms with van der Waals surface area (Å²) in [7, 11) is 0. The van der Waals surface area contributed by atoms with E-state index in [1.807, 2.05) is 29.3 Å². The SMILES string of the molecule is CC1=C[C@@H](CNC(=O)c2ccncc2)[C@H](C(C)C)C[C@H]1CC(=O)N1CCN(c2ccccn2)CC1. The second-order valence-corrected chi connectivity index (χ2v) is 10.1. The predicted octanol–water partition coefficient (Wildman–Crippen LogP) is 3.80. The maximum Gasteiger partial charge on any atom is 0.251 e. The van der Waals surface area contributed by atoms with Gasteiger partial charge in [0.15, 0.2) is 0 Å². The fourth-order valence-corrected chi connectivity index (χ4v) is 5.39. The highest BCUT2D eigenvalue weighted by Gasteiger charge is 2.34. The lowest BCUT2D eigenvalue weighted by molar-refractivity contribution is -0.132. The van der Waals surface area contributed by atoms with Crippen LogP contribution in [0.25, 0.3) is 0 Å². The molecule has 0 aromatic carbocycles. The van der Waals surface area contributed by atoms with Crippen LogP contribution in [0.3, 0.4) is 0 Å². The van der Waals surface area contributed by atoms with Gasteiger partial charge in [0, 0.05) is 63.3 Å². The molecule has 3 heterocycles. The normalized spacial score (nSPS) is 22.6. The number of hydrogen-bond acceptors (Lipinski definition) is 5. The molecule has 1 aliphatic carbocycles. The molecule has 2 amide bonds.